The molecule has 4 heterocycles. The Morgan fingerprint density at radius 1 is 1.14 bits per heavy atom. The molecule has 0 radical (unpaired) electrons. The molecule has 22 heavy (non-hydrogen) atoms. The van der Waals surface area contributed by atoms with Gasteiger partial charge in [0.25, 0.3) is 0 Å². The first kappa shape index (κ1) is 13.0. The summed E-state index contributed by atoms with van der Waals surface area (Å²) in [5.41, 5.74) is 6.32. The Bertz CT molecular complexity index is 780. The van der Waals surface area contributed by atoms with Crippen molar-refractivity contribution in [1.82, 2.24) is 9.47 Å². The predicted octanol–water partition coefficient (Wildman–Crippen LogP) is 4.46. The van der Waals surface area contributed by atoms with Crippen LogP contribution in [0.5, 0.6) is 0 Å². The van der Waals surface area contributed by atoms with Crippen LogP contribution in [0.1, 0.15) is 44.0 Å². The summed E-state index contributed by atoms with van der Waals surface area (Å²) in [5.74, 6) is 1.38. The number of benzene rings is 1. The lowest BCUT2D eigenvalue weighted by Crippen LogP contribution is -2.46. The molecule has 2 nitrogen and oxygen atoms in total. The van der Waals surface area contributed by atoms with Gasteiger partial charge in [0.15, 0.2) is 0 Å². The van der Waals surface area contributed by atoms with Gasteiger partial charge in [-0.1, -0.05) is 32.0 Å². The van der Waals surface area contributed by atoms with Crippen molar-refractivity contribution < 1.29 is 0 Å². The summed E-state index contributed by atoms with van der Waals surface area (Å²) in [7, 11) is 0. The molecule has 0 N–H and O–H groups in total. The second kappa shape index (κ2) is 4.48. The van der Waals surface area contributed by atoms with E-state index in [0.29, 0.717) is 12.0 Å². The molecule has 0 bridgehead atoms. The molecule has 0 spiro atoms. The first-order chi connectivity index (χ1) is 10.8. The van der Waals surface area contributed by atoms with E-state index in [1.165, 1.54) is 43.3 Å². The third-order valence-corrected chi connectivity index (χ3v) is 6.09. The van der Waals surface area contributed by atoms with E-state index >= 15 is 0 Å². The van der Waals surface area contributed by atoms with Gasteiger partial charge in [-0.2, -0.15) is 0 Å². The van der Waals surface area contributed by atoms with E-state index in [0.717, 1.165) is 5.92 Å². The van der Waals surface area contributed by atoms with Crippen LogP contribution in [0.4, 0.5) is 0 Å². The van der Waals surface area contributed by atoms with Crippen LogP contribution < -0.4 is 0 Å². The highest BCUT2D eigenvalue weighted by Gasteiger charge is 2.43. The average molecular weight is 292 g/mol. The minimum Gasteiger partial charge on any atom is -0.318 e. The van der Waals surface area contributed by atoms with Crippen LogP contribution in [0, 0.1) is 11.8 Å². The maximum atomic E-state index is 2.77. The van der Waals surface area contributed by atoms with Gasteiger partial charge in [0.05, 0.1) is 11.6 Å². The smallest absolute Gasteiger partial charge is 0.0573 e. The lowest BCUT2D eigenvalue weighted by molar-refractivity contribution is 0.0889. The van der Waals surface area contributed by atoms with Gasteiger partial charge in [-0.15, -0.1) is 0 Å². The minimum absolute atomic E-state index is 0.632. The van der Waals surface area contributed by atoms with Crippen LogP contribution in [-0.2, 0) is 6.42 Å². The first-order valence-electron chi connectivity index (χ1n) is 8.83. The molecule has 1 aromatic heterocycles. The van der Waals surface area contributed by atoms with Crippen molar-refractivity contribution in [3.63, 3.8) is 0 Å². The summed E-state index contributed by atoms with van der Waals surface area (Å²) in [5, 5.41) is 1.49. The van der Waals surface area contributed by atoms with Gasteiger partial charge in [-0.25, -0.2) is 0 Å². The fourth-order valence-electron chi connectivity index (χ4n) is 5.18. The van der Waals surface area contributed by atoms with Crippen molar-refractivity contribution in [2.45, 2.75) is 39.2 Å². The van der Waals surface area contributed by atoms with Crippen molar-refractivity contribution in [2.24, 2.45) is 11.8 Å². The van der Waals surface area contributed by atoms with E-state index < -0.39 is 0 Å². The van der Waals surface area contributed by atoms with E-state index in [1.54, 1.807) is 16.8 Å². The maximum absolute atomic E-state index is 2.77. The second-order valence-electron chi connectivity index (χ2n) is 7.51. The molecule has 5 rings (SSSR count). The van der Waals surface area contributed by atoms with Crippen molar-refractivity contribution in [1.29, 1.82) is 0 Å². The van der Waals surface area contributed by atoms with Gasteiger partial charge in [0.1, 0.15) is 0 Å². The number of para-hydroxylation sites is 1. The maximum Gasteiger partial charge on any atom is 0.0573 e. The van der Waals surface area contributed by atoms with Gasteiger partial charge < -0.3 is 4.57 Å². The SMILES string of the molecule is CC(C)C1=Cn2c3c(c4ccccc42)CCN2CCCC1C32. The molecule has 2 heteroatoms. The Morgan fingerprint density at radius 2 is 2.00 bits per heavy atom. The summed E-state index contributed by atoms with van der Waals surface area (Å²) in [4.78, 5) is 2.77. The van der Waals surface area contributed by atoms with Gasteiger partial charge in [0, 0.05) is 29.7 Å². The summed E-state index contributed by atoms with van der Waals surface area (Å²) in [6, 6.07) is 9.64. The zero-order valence-electron chi connectivity index (χ0n) is 13.5. The van der Waals surface area contributed by atoms with E-state index in [4.69, 9.17) is 0 Å². The Balaban J connectivity index is 1.85. The third kappa shape index (κ3) is 1.54. The summed E-state index contributed by atoms with van der Waals surface area (Å²) < 4.78 is 2.54. The number of aromatic nitrogens is 1. The van der Waals surface area contributed by atoms with Crippen molar-refractivity contribution in [3.8, 4) is 0 Å². The average Bonchev–Trinajstić information content (AvgIpc) is 2.87. The second-order valence-corrected chi connectivity index (χ2v) is 7.51. The largest absolute Gasteiger partial charge is 0.318 e. The molecule has 0 aliphatic carbocycles. The lowest BCUT2D eigenvalue weighted by Gasteiger charge is -2.48. The van der Waals surface area contributed by atoms with Crippen molar-refractivity contribution in [3.05, 3.63) is 41.1 Å². The molecule has 0 amide bonds. The van der Waals surface area contributed by atoms with Gasteiger partial charge in [-0.05, 0) is 48.9 Å². The molecule has 3 aliphatic heterocycles. The van der Waals surface area contributed by atoms with E-state index in [1.807, 2.05) is 0 Å². The molecule has 2 atom stereocenters. The lowest BCUT2D eigenvalue weighted by atomic mass is 9.74. The number of piperidine rings is 1. The van der Waals surface area contributed by atoms with Gasteiger partial charge in [-0.3, -0.25) is 4.90 Å². The van der Waals surface area contributed by atoms with Gasteiger partial charge >= 0.3 is 0 Å². The zero-order valence-corrected chi connectivity index (χ0v) is 13.5. The highest BCUT2D eigenvalue weighted by atomic mass is 15.2. The van der Waals surface area contributed by atoms with Crippen molar-refractivity contribution in [2.75, 3.05) is 13.1 Å². The number of fused-ring (bicyclic) bond motifs is 3. The van der Waals surface area contributed by atoms with Crippen LogP contribution in [0.15, 0.2) is 29.8 Å². The normalized spacial score (nSPS) is 27.1. The fraction of sp³-hybridized carbons (Fsp3) is 0.500. The Labute approximate surface area is 132 Å². The number of hydrogen-bond acceptors (Lipinski definition) is 1. The molecule has 114 valence electrons. The first-order valence-corrected chi connectivity index (χ1v) is 8.83. The Kier molecular flexibility index (Phi) is 2.64. The molecular formula is C20H24N2. The molecule has 0 saturated carbocycles. The molecule has 2 unspecified atom stereocenters. The summed E-state index contributed by atoms with van der Waals surface area (Å²) in [6.45, 7) is 7.26. The van der Waals surface area contributed by atoms with Crippen LogP contribution >= 0.6 is 0 Å². The predicted molar refractivity (Wildman–Crippen MR) is 91.8 cm³/mol. The molecule has 1 saturated heterocycles. The monoisotopic (exact) mass is 292 g/mol. The molecular weight excluding hydrogens is 268 g/mol. The number of rotatable bonds is 1. The Hall–Kier alpha value is -1.54. The summed E-state index contributed by atoms with van der Waals surface area (Å²) in [6.07, 6.45) is 6.44. The topological polar surface area (TPSA) is 8.17 Å². The fourth-order valence-corrected chi connectivity index (χ4v) is 5.18. The zero-order chi connectivity index (χ0) is 14.8. The van der Waals surface area contributed by atoms with Crippen LogP contribution in [0.2, 0.25) is 0 Å². The summed E-state index contributed by atoms with van der Waals surface area (Å²) >= 11 is 0. The third-order valence-electron chi connectivity index (χ3n) is 6.09. The number of nitrogens with zero attached hydrogens (tertiary/aromatic N) is 2. The number of hydrogen-bond donors (Lipinski definition) is 0. The van der Waals surface area contributed by atoms with Crippen LogP contribution in [-0.4, -0.2) is 22.6 Å². The quantitative estimate of drug-likeness (QED) is 0.753. The highest BCUT2D eigenvalue weighted by Crippen LogP contribution is 2.50. The molecule has 2 aromatic rings. The van der Waals surface area contributed by atoms with E-state index in [-0.39, 0.29) is 0 Å². The minimum atomic E-state index is 0.632. The van der Waals surface area contributed by atoms with Crippen molar-refractivity contribution >= 4 is 17.1 Å². The van der Waals surface area contributed by atoms with Crippen LogP contribution in [0.3, 0.4) is 0 Å². The molecule has 1 aromatic carbocycles. The van der Waals surface area contributed by atoms with E-state index in [9.17, 15) is 0 Å². The van der Waals surface area contributed by atoms with Crippen LogP contribution in [0.25, 0.3) is 17.1 Å². The molecule has 3 aliphatic rings. The molecule has 1 fully saturated rings. The standard InChI is InChI=1S/C20H24N2/c1-13(2)17-12-22-18-8-4-3-6-14(18)16-9-11-21-10-5-7-15(17)19(21)20(16)22/h3-4,6,8,12-13,15,19H,5,7,9-11H2,1-2H3. The van der Waals surface area contributed by atoms with E-state index in [2.05, 4.69) is 53.8 Å². The Morgan fingerprint density at radius 3 is 2.86 bits per heavy atom. The van der Waals surface area contributed by atoms with Gasteiger partial charge in [0.2, 0.25) is 0 Å². The highest BCUT2D eigenvalue weighted by molar-refractivity contribution is 5.88.